The van der Waals surface area contributed by atoms with Crippen molar-refractivity contribution in [1.82, 2.24) is 10.6 Å². The van der Waals surface area contributed by atoms with Crippen LogP contribution >= 0.6 is 0 Å². The number of urea groups is 1. The Morgan fingerprint density at radius 2 is 1.69 bits per heavy atom. The standard InChI is InChI=1S/C30H35F3N4O5/c1-29(2,3)22-11-9-20(10-12-22)26(19-5-7-21(8-6-19)27(40)35-15-14-25(38)39)37-28(41)36-23-13-4-18(17-34)16-24(23)42-30(31,32)33/h4-8,13,16,20,22,26H,9-12,14-15H2,1-3H3,(H,35,40)(H,38,39)(H2,36,37,41). The van der Waals surface area contributed by atoms with Gasteiger partial charge in [0.2, 0.25) is 0 Å². The summed E-state index contributed by atoms with van der Waals surface area (Å²) in [6, 6.07) is 10.4. The van der Waals surface area contributed by atoms with Crippen LogP contribution in [0.2, 0.25) is 0 Å². The molecule has 2 aromatic carbocycles. The Morgan fingerprint density at radius 1 is 1.05 bits per heavy atom. The van der Waals surface area contributed by atoms with Crippen LogP contribution in [0.4, 0.5) is 23.7 Å². The molecule has 2 aromatic rings. The number of alkyl halides is 3. The molecule has 0 saturated heterocycles. The monoisotopic (exact) mass is 588 g/mol. The summed E-state index contributed by atoms with van der Waals surface area (Å²) < 4.78 is 43.0. The van der Waals surface area contributed by atoms with E-state index in [1.807, 2.05) is 0 Å². The molecule has 0 spiro atoms. The maximum Gasteiger partial charge on any atom is 0.573 e. The minimum Gasteiger partial charge on any atom is -0.481 e. The van der Waals surface area contributed by atoms with E-state index in [2.05, 4.69) is 41.5 Å². The highest BCUT2D eigenvalue weighted by atomic mass is 19.4. The van der Waals surface area contributed by atoms with Gasteiger partial charge < -0.3 is 25.8 Å². The van der Waals surface area contributed by atoms with Gasteiger partial charge in [-0.25, -0.2) is 4.79 Å². The third kappa shape index (κ3) is 9.39. The number of carbonyl (C=O) groups is 3. The van der Waals surface area contributed by atoms with Crippen LogP contribution in [0.3, 0.4) is 0 Å². The van der Waals surface area contributed by atoms with E-state index < -0.39 is 36.1 Å². The molecule has 0 heterocycles. The molecule has 4 N–H and O–H groups in total. The van der Waals surface area contributed by atoms with E-state index in [0.717, 1.165) is 31.7 Å². The number of nitrogens with zero attached hydrogens (tertiary/aromatic N) is 1. The highest BCUT2D eigenvalue weighted by Crippen LogP contribution is 2.43. The first kappa shape index (κ1) is 32.2. The van der Waals surface area contributed by atoms with Gasteiger partial charge in [0.15, 0.2) is 5.75 Å². The van der Waals surface area contributed by atoms with Gasteiger partial charge in [-0.2, -0.15) is 5.26 Å². The van der Waals surface area contributed by atoms with Crippen molar-refractivity contribution < 1.29 is 37.4 Å². The predicted octanol–water partition coefficient (Wildman–Crippen LogP) is 6.38. The number of halogens is 3. The molecule has 3 amide bonds. The number of ether oxygens (including phenoxy) is 1. The van der Waals surface area contributed by atoms with Crippen LogP contribution in [0, 0.1) is 28.6 Å². The number of amides is 3. The summed E-state index contributed by atoms with van der Waals surface area (Å²) in [5, 5.41) is 25.7. The third-order valence-corrected chi connectivity index (χ3v) is 7.50. The first-order chi connectivity index (χ1) is 19.7. The lowest BCUT2D eigenvalue weighted by molar-refractivity contribution is -0.274. The average molecular weight is 589 g/mol. The van der Waals surface area contributed by atoms with E-state index in [9.17, 15) is 27.6 Å². The van der Waals surface area contributed by atoms with Crippen LogP contribution in [0.1, 0.15) is 80.4 Å². The summed E-state index contributed by atoms with van der Waals surface area (Å²) >= 11 is 0. The van der Waals surface area contributed by atoms with Gasteiger partial charge in [-0.3, -0.25) is 9.59 Å². The summed E-state index contributed by atoms with van der Waals surface area (Å²) in [7, 11) is 0. The van der Waals surface area contributed by atoms with Crippen LogP contribution in [0.25, 0.3) is 0 Å². The summed E-state index contributed by atoms with van der Waals surface area (Å²) in [6.07, 6.45) is -1.74. The lowest BCUT2D eigenvalue weighted by Crippen LogP contribution is -2.39. The van der Waals surface area contributed by atoms with E-state index in [4.69, 9.17) is 10.4 Å². The fourth-order valence-electron chi connectivity index (χ4n) is 5.22. The Morgan fingerprint density at radius 3 is 2.24 bits per heavy atom. The van der Waals surface area contributed by atoms with Gasteiger partial charge in [-0.1, -0.05) is 32.9 Å². The number of nitrogens with one attached hydrogen (secondary N) is 3. The van der Waals surface area contributed by atoms with E-state index in [1.54, 1.807) is 30.3 Å². The SMILES string of the molecule is CC(C)(C)C1CCC(C(NC(=O)Nc2ccc(C#N)cc2OC(F)(F)F)c2ccc(C(=O)NCCC(=O)O)cc2)CC1. The van der Waals surface area contributed by atoms with Crippen LogP contribution in [-0.2, 0) is 4.79 Å². The van der Waals surface area contributed by atoms with E-state index in [1.165, 1.54) is 12.1 Å². The predicted molar refractivity (Wildman–Crippen MR) is 149 cm³/mol. The fourth-order valence-corrected chi connectivity index (χ4v) is 5.22. The molecule has 0 radical (unpaired) electrons. The zero-order chi connectivity index (χ0) is 31.1. The Hall–Kier alpha value is -4.27. The van der Waals surface area contributed by atoms with Crippen LogP contribution in [-0.4, -0.2) is 35.9 Å². The molecule has 1 atom stereocenters. The average Bonchev–Trinajstić information content (AvgIpc) is 2.91. The van der Waals surface area contributed by atoms with Gasteiger partial charge >= 0.3 is 18.4 Å². The summed E-state index contributed by atoms with van der Waals surface area (Å²) in [5.74, 6) is -1.65. The Kier molecular flexibility index (Phi) is 10.4. The molecule has 0 aliphatic heterocycles. The van der Waals surface area contributed by atoms with Crippen molar-refractivity contribution in [3.05, 3.63) is 59.2 Å². The minimum atomic E-state index is -5.03. The zero-order valence-electron chi connectivity index (χ0n) is 23.7. The molecule has 3 rings (SSSR count). The molecule has 1 aliphatic carbocycles. The maximum absolute atomic E-state index is 13.1. The molecular formula is C30H35F3N4O5. The van der Waals surface area contributed by atoms with E-state index >= 15 is 0 Å². The molecule has 9 nitrogen and oxygen atoms in total. The van der Waals surface area contributed by atoms with Gasteiger partial charge in [0.1, 0.15) is 0 Å². The van der Waals surface area contributed by atoms with E-state index in [-0.39, 0.29) is 35.5 Å². The van der Waals surface area contributed by atoms with Crippen molar-refractivity contribution in [2.24, 2.45) is 17.3 Å². The Balaban J connectivity index is 1.82. The van der Waals surface area contributed by atoms with Crippen molar-refractivity contribution in [3.8, 4) is 11.8 Å². The van der Waals surface area contributed by atoms with Gasteiger partial charge in [0, 0.05) is 18.2 Å². The normalized spacial score (nSPS) is 17.8. The van der Waals surface area contributed by atoms with Gasteiger partial charge in [-0.05, 0) is 72.8 Å². The zero-order valence-corrected chi connectivity index (χ0v) is 23.7. The van der Waals surface area contributed by atoms with Crippen molar-refractivity contribution in [2.75, 3.05) is 11.9 Å². The molecule has 0 aromatic heterocycles. The third-order valence-electron chi connectivity index (χ3n) is 7.50. The fraction of sp³-hybridized carbons (Fsp3) is 0.467. The van der Waals surface area contributed by atoms with Gasteiger partial charge in [0.25, 0.3) is 5.91 Å². The largest absolute Gasteiger partial charge is 0.573 e. The lowest BCUT2D eigenvalue weighted by Gasteiger charge is -2.39. The van der Waals surface area contributed by atoms with Gasteiger partial charge in [-0.15, -0.1) is 13.2 Å². The second-order valence-electron chi connectivity index (χ2n) is 11.4. The second-order valence-corrected chi connectivity index (χ2v) is 11.4. The first-order valence-electron chi connectivity index (χ1n) is 13.6. The quantitative estimate of drug-likeness (QED) is 0.268. The molecule has 1 unspecified atom stereocenters. The summed E-state index contributed by atoms with van der Waals surface area (Å²) in [4.78, 5) is 36.3. The number of carbonyl (C=O) groups excluding carboxylic acids is 2. The first-order valence-corrected chi connectivity index (χ1v) is 13.6. The second kappa shape index (κ2) is 13.6. The number of anilines is 1. The topological polar surface area (TPSA) is 141 Å². The molecule has 42 heavy (non-hydrogen) atoms. The molecule has 0 bridgehead atoms. The number of hydrogen-bond acceptors (Lipinski definition) is 5. The highest BCUT2D eigenvalue weighted by Gasteiger charge is 2.35. The Bertz CT molecular complexity index is 1310. The number of benzene rings is 2. The summed E-state index contributed by atoms with van der Waals surface area (Å²) in [6.45, 7) is 6.56. The van der Waals surface area contributed by atoms with Crippen molar-refractivity contribution in [1.29, 1.82) is 5.26 Å². The molecule has 1 fully saturated rings. The minimum absolute atomic E-state index is 0.0212. The number of carboxylic acids is 1. The number of carboxylic acid groups (broad SMARTS) is 1. The molecule has 1 saturated carbocycles. The number of rotatable bonds is 9. The highest BCUT2D eigenvalue weighted by molar-refractivity contribution is 5.94. The Labute approximate surface area is 242 Å². The lowest BCUT2D eigenvalue weighted by atomic mass is 9.68. The van der Waals surface area contributed by atoms with E-state index in [0.29, 0.717) is 17.0 Å². The van der Waals surface area contributed by atoms with Crippen molar-refractivity contribution in [3.63, 3.8) is 0 Å². The molecule has 12 heteroatoms. The number of nitriles is 1. The molecule has 226 valence electrons. The summed E-state index contributed by atoms with van der Waals surface area (Å²) in [5.41, 5.74) is 0.826. The van der Waals surface area contributed by atoms with Crippen LogP contribution in [0.5, 0.6) is 5.75 Å². The van der Waals surface area contributed by atoms with Gasteiger partial charge in [0.05, 0.1) is 29.8 Å². The number of hydrogen-bond donors (Lipinski definition) is 4. The molecular weight excluding hydrogens is 553 g/mol. The van der Waals surface area contributed by atoms with Crippen molar-refractivity contribution in [2.45, 2.75) is 65.3 Å². The van der Waals surface area contributed by atoms with Crippen molar-refractivity contribution >= 4 is 23.6 Å². The van der Waals surface area contributed by atoms with Crippen LogP contribution in [0.15, 0.2) is 42.5 Å². The maximum atomic E-state index is 13.1. The van der Waals surface area contributed by atoms with Crippen LogP contribution < -0.4 is 20.7 Å². The number of aliphatic carboxylic acids is 1. The smallest absolute Gasteiger partial charge is 0.481 e. The molecule has 1 aliphatic rings.